The Morgan fingerprint density at radius 2 is 1.74 bits per heavy atom. The number of methoxy groups -OCH3 is 2. The van der Waals surface area contributed by atoms with Gasteiger partial charge in [0.2, 0.25) is 0 Å². The lowest BCUT2D eigenvalue weighted by Crippen LogP contribution is -2.30. The molecular formula is C25H29NO5. The molecule has 31 heavy (non-hydrogen) atoms. The monoisotopic (exact) mass is 423 g/mol. The molecule has 6 heteroatoms. The Labute approximate surface area is 183 Å². The van der Waals surface area contributed by atoms with Crippen molar-refractivity contribution in [1.29, 1.82) is 0 Å². The first-order chi connectivity index (χ1) is 14.8. The van der Waals surface area contributed by atoms with Gasteiger partial charge in [0.05, 0.1) is 25.8 Å². The molecule has 0 bridgehead atoms. The molecular weight excluding hydrogens is 394 g/mol. The van der Waals surface area contributed by atoms with Crippen molar-refractivity contribution in [1.82, 2.24) is 4.90 Å². The normalized spacial score (nSPS) is 18.0. The van der Waals surface area contributed by atoms with E-state index in [1.54, 1.807) is 38.5 Å². The van der Waals surface area contributed by atoms with Gasteiger partial charge >= 0.3 is 0 Å². The molecule has 6 nitrogen and oxygen atoms in total. The summed E-state index contributed by atoms with van der Waals surface area (Å²) in [6, 6.07) is 11.8. The van der Waals surface area contributed by atoms with Crippen LogP contribution in [0.25, 0.3) is 5.76 Å². The summed E-state index contributed by atoms with van der Waals surface area (Å²) in [6.07, 6.45) is 0.694. The molecule has 1 amide bonds. The first-order valence-electron chi connectivity index (χ1n) is 10.4. The van der Waals surface area contributed by atoms with E-state index < -0.39 is 17.7 Å². The molecule has 0 aromatic heterocycles. The summed E-state index contributed by atoms with van der Waals surface area (Å²) in [6.45, 7) is 6.42. The lowest BCUT2D eigenvalue weighted by atomic mass is 9.93. The molecule has 1 heterocycles. The summed E-state index contributed by atoms with van der Waals surface area (Å²) in [5.74, 6) is 0.0954. The third kappa shape index (κ3) is 4.15. The predicted octanol–water partition coefficient (Wildman–Crippen LogP) is 4.66. The van der Waals surface area contributed by atoms with Crippen LogP contribution in [-0.4, -0.2) is 42.5 Å². The van der Waals surface area contributed by atoms with Crippen molar-refractivity contribution >= 4 is 17.4 Å². The molecule has 0 saturated carbocycles. The van der Waals surface area contributed by atoms with Gasteiger partial charge in [-0.05, 0) is 53.8 Å². The highest BCUT2D eigenvalue weighted by Gasteiger charge is 2.45. The second-order valence-electron chi connectivity index (χ2n) is 7.88. The molecule has 1 unspecified atom stereocenters. The van der Waals surface area contributed by atoms with E-state index in [-0.39, 0.29) is 17.3 Å². The van der Waals surface area contributed by atoms with E-state index in [9.17, 15) is 14.7 Å². The third-order valence-corrected chi connectivity index (χ3v) is 5.56. The zero-order valence-corrected chi connectivity index (χ0v) is 18.6. The van der Waals surface area contributed by atoms with Crippen LogP contribution in [0, 0.1) is 0 Å². The Hall–Kier alpha value is -3.28. The van der Waals surface area contributed by atoms with Gasteiger partial charge in [-0.25, -0.2) is 0 Å². The number of hydrogen-bond donors (Lipinski definition) is 1. The summed E-state index contributed by atoms with van der Waals surface area (Å²) >= 11 is 0. The third-order valence-electron chi connectivity index (χ3n) is 5.56. The Balaban J connectivity index is 2.18. The van der Waals surface area contributed by atoms with E-state index in [1.165, 1.54) is 4.90 Å². The highest BCUT2D eigenvalue weighted by molar-refractivity contribution is 6.46. The molecule has 0 radical (unpaired) electrons. The number of carbonyl (C=O) groups is 2. The van der Waals surface area contributed by atoms with E-state index in [0.717, 1.165) is 11.1 Å². The first kappa shape index (κ1) is 22.4. The smallest absolute Gasteiger partial charge is 0.295 e. The number of rotatable bonds is 7. The molecule has 1 saturated heterocycles. The van der Waals surface area contributed by atoms with Crippen LogP contribution in [0.4, 0.5) is 0 Å². The van der Waals surface area contributed by atoms with Crippen molar-refractivity contribution in [2.75, 3.05) is 20.8 Å². The highest BCUT2D eigenvalue weighted by atomic mass is 16.5. The summed E-state index contributed by atoms with van der Waals surface area (Å²) < 4.78 is 10.7. The van der Waals surface area contributed by atoms with E-state index in [1.807, 2.05) is 39.0 Å². The van der Waals surface area contributed by atoms with Gasteiger partial charge in [-0.3, -0.25) is 9.59 Å². The van der Waals surface area contributed by atoms with Gasteiger partial charge in [0.1, 0.15) is 17.3 Å². The molecule has 3 rings (SSSR count). The van der Waals surface area contributed by atoms with Crippen LogP contribution in [-0.2, 0) is 9.59 Å². The van der Waals surface area contributed by atoms with Crippen LogP contribution in [0.1, 0.15) is 55.8 Å². The van der Waals surface area contributed by atoms with Crippen molar-refractivity contribution in [2.24, 2.45) is 0 Å². The van der Waals surface area contributed by atoms with Crippen molar-refractivity contribution in [2.45, 2.75) is 39.2 Å². The Morgan fingerprint density at radius 3 is 2.29 bits per heavy atom. The number of Topliss-reactive ketones (excluding diaryl/α,β-unsaturated/α-hetero) is 1. The number of amides is 1. The molecule has 1 fully saturated rings. The van der Waals surface area contributed by atoms with Gasteiger partial charge in [-0.2, -0.15) is 0 Å². The maximum Gasteiger partial charge on any atom is 0.295 e. The zero-order valence-electron chi connectivity index (χ0n) is 18.6. The number of carbonyl (C=O) groups excluding carboxylic acids is 2. The zero-order chi connectivity index (χ0) is 22.7. The number of hydrogen-bond acceptors (Lipinski definition) is 5. The van der Waals surface area contributed by atoms with Gasteiger partial charge in [-0.1, -0.05) is 32.9 Å². The SMILES string of the molecule is CCCN1C(=O)C(=O)/C(=C(\O)c2ccc(OC)c(C(C)C)c2)C1c1ccc(OC)cc1. The van der Waals surface area contributed by atoms with E-state index in [4.69, 9.17) is 9.47 Å². The van der Waals surface area contributed by atoms with Crippen molar-refractivity contribution in [3.63, 3.8) is 0 Å². The minimum Gasteiger partial charge on any atom is -0.507 e. The second kappa shape index (κ2) is 9.25. The van der Waals surface area contributed by atoms with Crippen LogP contribution in [0.5, 0.6) is 11.5 Å². The summed E-state index contributed by atoms with van der Waals surface area (Å²) in [4.78, 5) is 27.3. The van der Waals surface area contributed by atoms with Crippen LogP contribution in [0.15, 0.2) is 48.0 Å². The van der Waals surface area contributed by atoms with Crippen LogP contribution in [0.3, 0.4) is 0 Å². The van der Waals surface area contributed by atoms with Gasteiger partial charge in [0.15, 0.2) is 0 Å². The molecule has 0 spiro atoms. The van der Waals surface area contributed by atoms with Crippen molar-refractivity contribution in [3.8, 4) is 11.5 Å². The van der Waals surface area contributed by atoms with Crippen molar-refractivity contribution < 1.29 is 24.2 Å². The number of likely N-dealkylation sites (tertiary alicyclic amines) is 1. The summed E-state index contributed by atoms with van der Waals surface area (Å²) in [5, 5.41) is 11.2. The van der Waals surface area contributed by atoms with Gasteiger partial charge in [0, 0.05) is 12.1 Å². The Kier molecular flexibility index (Phi) is 6.68. The number of aliphatic hydroxyl groups is 1. The predicted molar refractivity (Wildman–Crippen MR) is 119 cm³/mol. The highest BCUT2D eigenvalue weighted by Crippen LogP contribution is 2.40. The first-order valence-corrected chi connectivity index (χ1v) is 10.4. The lowest BCUT2D eigenvalue weighted by Gasteiger charge is -2.25. The fourth-order valence-electron chi connectivity index (χ4n) is 3.97. The van der Waals surface area contributed by atoms with Crippen LogP contribution in [0.2, 0.25) is 0 Å². The quantitative estimate of drug-likeness (QED) is 0.398. The molecule has 1 aliphatic rings. The fourth-order valence-corrected chi connectivity index (χ4v) is 3.97. The number of aliphatic hydroxyl groups excluding tert-OH is 1. The summed E-state index contributed by atoms with van der Waals surface area (Å²) in [5.41, 5.74) is 2.24. The average molecular weight is 424 g/mol. The molecule has 0 aliphatic carbocycles. The molecule has 2 aromatic rings. The lowest BCUT2D eigenvalue weighted by molar-refractivity contribution is -0.139. The van der Waals surface area contributed by atoms with Gasteiger partial charge < -0.3 is 19.5 Å². The van der Waals surface area contributed by atoms with Crippen LogP contribution < -0.4 is 9.47 Å². The van der Waals surface area contributed by atoms with E-state index in [0.29, 0.717) is 30.0 Å². The minimum absolute atomic E-state index is 0.100. The van der Waals surface area contributed by atoms with E-state index >= 15 is 0 Å². The number of ether oxygens (including phenoxy) is 2. The number of nitrogens with zero attached hydrogens (tertiary/aromatic N) is 1. The number of benzene rings is 2. The van der Waals surface area contributed by atoms with Crippen LogP contribution >= 0.6 is 0 Å². The summed E-state index contributed by atoms with van der Waals surface area (Å²) in [7, 11) is 3.18. The maximum absolute atomic E-state index is 13.0. The molecule has 164 valence electrons. The molecule has 2 aromatic carbocycles. The molecule has 1 N–H and O–H groups in total. The molecule has 1 atom stereocenters. The van der Waals surface area contributed by atoms with Gasteiger partial charge in [0.25, 0.3) is 11.7 Å². The standard InChI is InChI=1S/C25H29NO5/c1-6-13-26-22(16-7-10-18(30-4)11-8-16)21(24(28)25(26)29)23(27)17-9-12-20(31-5)19(14-17)15(2)3/h7-12,14-15,22,27H,6,13H2,1-5H3/b23-21-. The van der Waals surface area contributed by atoms with Gasteiger partial charge in [-0.15, -0.1) is 0 Å². The van der Waals surface area contributed by atoms with E-state index in [2.05, 4.69) is 0 Å². The second-order valence-corrected chi connectivity index (χ2v) is 7.88. The fraction of sp³-hybridized carbons (Fsp3) is 0.360. The molecule has 1 aliphatic heterocycles. The number of ketones is 1. The topological polar surface area (TPSA) is 76.1 Å². The van der Waals surface area contributed by atoms with Crippen molar-refractivity contribution in [3.05, 3.63) is 64.7 Å². The Bertz CT molecular complexity index is 1010. The maximum atomic E-state index is 13.0. The minimum atomic E-state index is -0.673. The Morgan fingerprint density at radius 1 is 1.06 bits per heavy atom. The largest absolute Gasteiger partial charge is 0.507 e. The average Bonchev–Trinajstić information content (AvgIpc) is 3.03.